The Bertz CT molecular complexity index is 411. The Morgan fingerprint density at radius 3 is 2.38 bits per heavy atom. The summed E-state index contributed by atoms with van der Waals surface area (Å²) in [5, 5.41) is 0. The molecule has 0 N–H and O–H groups in total. The normalized spacial score (nSPS) is 17.8. The van der Waals surface area contributed by atoms with Gasteiger partial charge in [-0.2, -0.15) is 0 Å². The van der Waals surface area contributed by atoms with Crippen molar-refractivity contribution in [2.24, 2.45) is 0 Å². The predicted octanol–water partition coefficient (Wildman–Crippen LogP) is 1.24. The number of rotatable bonds is 6. The highest BCUT2D eigenvalue weighted by atomic mass is 15.2. The van der Waals surface area contributed by atoms with Gasteiger partial charge < -0.3 is 14.7 Å². The first kappa shape index (κ1) is 16.3. The van der Waals surface area contributed by atoms with E-state index in [2.05, 4.69) is 45.8 Å². The lowest BCUT2D eigenvalue weighted by atomic mass is 10.0. The summed E-state index contributed by atoms with van der Waals surface area (Å²) >= 11 is 0. The minimum Gasteiger partial charge on any atom is -0.306 e. The molecule has 2 rings (SSSR count). The van der Waals surface area contributed by atoms with E-state index in [9.17, 15) is 0 Å². The van der Waals surface area contributed by atoms with Crippen LogP contribution in [0.4, 0.5) is 0 Å². The molecule has 5 nitrogen and oxygen atoms in total. The number of hydrogen-bond acceptors (Lipinski definition) is 5. The van der Waals surface area contributed by atoms with Gasteiger partial charge in [-0.1, -0.05) is 0 Å². The molecule has 1 fully saturated rings. The molecular weight excluding hydrogens is 262 g/mol. The van der Waals surface area contributed by atoms with Gasteiger partial charge in [0.1, 0.15) is 5.82 Å². The van der Waals surface area contributed by atoms with Crippen molar-refractivity contribution in [2.75, 3.05) is 47.3 Å². The van der Waals surface area contributed by atoms with Crippen LogP contribution >= 0.6 is 0 Å². The minimum atomic E-state index is 0.748. The molecule has 1 aliphatic heterocycles. The highest BCUT2D eigenvalue weighted by Gasteiger charge is 2.20. The maximum Gasteiger partial charge on any atom is 0.125 e. The summed E-state index contributed by atoms with van der Waals surface area (Å²) in [5.74, 6) is 0.836. The molecule has 5 heteroatoms. The summed E-state index contributed by atoms with van der Waals surface area (Å²) < 4.78 is 0. The minimum absolute atomic E-state index is 0.748. The van der Waals surface area contributed by atoms with E-state index < -0.39 is 0 Å². The number of hydrogen-bond donors (Lipinski definition) is 0. The molecule has 118 valence electrons. The van der Waals surface area contributed by atoms with Gasteiger partial charge in [-0.3, -0.25) is 0 Å². The fourth-order valence-corrected chi connectivity index (χ4v) is 2.84. The zero-order valence-corrected chi connectivity index (χ0v) is 13.9. The molecule has 0 bridgehead atoms. The monoisotopic (exact) mass is 291 g/mol. The van der Waals surface area contributed by atoms with Gasteiger partial charge >= 0.3 is 0 Å². The van der Waals surface area contributed by atoms with Gasteiger partial charge in [0.05, 0.1) is 0 Å². The Morgan fingerprint density at radius 1 is 1.14 bits per heavy atom. The summed E-state index contributed by atoms with van der Waals surface area (Å²) in [4.78, 5) is 15.8. The average Bonchev–Trinajstić information content (AvgIpc) is 2.48. The SMILES string of the molecule is Cc1ncc(CN(C)CCN(C)C2CCN(C)CC2)cn1. The van der Waals surface area contributed by atoms with Gasteiger partial charge in [0.25, 0.3) is 0 Å². The second-order valence-corrected chi connectivity index (χ2v) is 6.39. The van der Waals surface area contributed by atoms with Gasteiger partial charge in [0, 0.05) is 43.6 Å². The maximum absolute atomic E-state index is 4.26. The zero-order valence-electron chi connectivity index (χ0n) is 13.9. The van der Waals surface area contributed by atoms with Crippen LogP contribution in [0, 0.1) is 6.92 Å². The van der Waals surface area contributed by atoms with Crippen LogP contribution in [0.15, 0.2) is 12.4 Å². The molecule has 1 saturated heterocycles. The molecule has 0 aromatic carbocycles. The smallest absolute Gasteiger partial charge is 0.125 e. The van der Waals surface area contributed by atoms with Crippen LogP contribution in [-0.4, -0.2) is 78.0 Å². The first-order chi connectivity index (χ1) is 10.0. The van der Waals surface area contributed by atoms with Crippen molar-refractivity contribution in [1.29, 1.82) is 0 Å². The van der Waals surface area contributed by atoms with Gasteiger partial charge in [-0.05, 0) is 54.0 Å². The summed E-state index contributed by atoms with van der Waals surface area (Å²) in [5.41, 5.74) is 1.19. The predicted molar refractivity (Wildman–Crippen MR) is 86.3 cm³/mol. The molecule has 1 aliphatic rings. The molecule has 0 amide bonds. The second kappa shape index (κ2) is 7.82. The second-order valence-electron chi connectivity index (χ2n) is 6.39. The first-order valence-corrected chi connectivity index (χ1v) is 7.89. The van der Waals surface area contributed by atoms with E-state index in [1.165, 1.54) is 31.5 Å². The van der Waals surface area contributed by atoms with Crippen LogP contribution in [0.3, 0.4) is 0 Å². The third-order valence-corrected chi connectivity index (χ3v) is 4.43. The number of piperidine rings is 1. The first-order valence-electron chi connectivity index (χ1n) is 7.89. The molecule has 0 atom stereocenters. The van der Waals surface area contributed by atoms with Crippen LogP contribution in [0.25, 0.3) is 0 Å². The van der Waals surface area contributed by atoms with Crippen molar-refractivity contribution in [3.05, 3.63) is 23.8 Å². The van der Waals surface area contributed by atoms with Crippen molar-refractivity contribution in [3.8, 4) is 0 Å². The van der Waals surface area contributed by atoms with Crippen molar-refractivity contribution >= 4 is 0 Å². The molecule has 0 spiro atoms. The van der Waals surface area contributed by atoms with Crippen molar-refractivity contribution in [3.63, 3.8) is 0 Å². The van der Waals surface area contributed by atoms with Crippen molar-refractivity contribution in [1.82, 2.24) is 24.7 Å². The topological polar surface area (TPSA) is 35.5 Å². The standard InChI is InChI=1S/C16H29N5/c1-14-17-11-15(12-18-14)13-20(3)9-10-21(4)16-5-7-19(2)8-6-16/h11-12,16H,5-10,13H2,1-4H3. The average molecular weight is 291 g/mol. The number of nitrogens with zero attached hydrogens (tertiary/aromatic N) is 5. The van der Waals surface area contributed by atoms with E-state index in [1.807, 2.05) is 19.3 Å². The zero-order chi connectivity index (χ0) is 15.2. The summed E-state index contributed by atoms with van der Waals surface area (Å²) in [6, 6.07) is 0.748. The van der Waals surface area contributed by atoms with E-state index in [0.717, 1.165) is 31.5 Å². The van der Waals surface area contributed by atoms with Crippen LogP contribution in [0.2, 0.25) is 0 Å². The van der Waals surface area contributed by atoms with E-state index in [-0.39, 0.29) is 0 Å². The molecule has 0 aliphatic carbocycles. The van der Waals surface area contributed by atoms with E-state index in [1.54, 1.807) is 0 Å². The maximum atomic E-state index is 4.26. The van der Waals surface area contributed by atoms with Gasteiger partial charge in [-0.15, -0.1) is 0 Å². The van der Waals surface area contributed by atoms with Gasteiger partial charge in [-0.25, -0.2) is 9.97 Å². The molecule has 0 saturated carbocycles. The Hall–Kier alpha value is -1.04. The number of likely N-dealkylation sites (N-methyl/N-ethyl adjacent to an activating group) is 2. The molecule has 21 heavy (non-hydrogen) atoms. The van der Waals surface area contributed by atoms with E-state index >= 15 is 0 Å². The van der Waals surface area contributed by atoms with E-state index in [4.69, 9.17) is 0 Å². The summed E-state index contributed by atoms with van der Waals surface area (Å²) in [6.45, 7) is 7.50. The lowest BCUT2D eigenvalue weighted by Gasteiger charge is -2.35. The Balaban J connectivity index is 1.70. The molecular formula is C16H29N5. The summed E-state index contributed by atoms with van der Waals surface area (Å²) in [7, 11) is 6.65. The summed E-state index contributed by atoms with van der Waals surface area (Å²) in [6.07, 6.45) is 6.45. The van der Waals surface area contributed by atoms with Gasteiger partial charge in [0.15, 0.2) is 0 Å². The quantitative estimate of drug-likeness (QED) is 0.788. The molecule has 0 unspecified atom stereocenters. The fourth-order valence-electron chi connectivity index (χ4n) is 2.84. The number of aromatic nitrogens is 2. The lowest BCUT2D eigenvalue weighted by Crippen LogP contribution is -2.44. The third-order valence-electron chi connectivity index (χ3n) is 4.43. The number of likely N-dealkylation sites (tertiary alicyclic amines) is 1. The van der Waals surface area contributed by atoms with Crippen LogP contribution < -0.4 is 0 Å². The molecule has 2 heterocycles. The molecule has 1 aromatic rings. The molecule has 1 aromatic heterocycles. The lowest BCUT2D eigenvalue weighted by molar-refractivity contribution is 0.132. The highest BCUT2D eigenvalue weighted by Crippen LogP contribution is 2.13. The third kappa shape index (κ3) is 5.34. The van der Waals surface area contributed by atoms with Crippen molar-refractivity contribution < 1.29 is 0 Å². The van der Waals surface area contributed by atoms with Crippen molar-refractivity contribution in [2.45, 2.75) is 32.4 Å². The Morgan fingerprint density at radius 2 is 1.76 bits per heavy atom. The van der Waals surface area contributed by atoms with E-state index in [0.29, 0.717) is 0 Å². The number of aryl methyl sites for hydroxylation is 1. The Labute approximate surface area is 129 Å². The van der Waals surface area contributed by atoms with Gasteiger partial charge in [0.2, 0.25) is 0 Å². The largest absolute Gasteiger partial charge is 0.306 e. The van der Waals surface area contributed by atoms with Crippen LogP contribution in [-0.2, 0) is 6.54 Å². The fraction of sp³-hybridized carbons (Fsp3) is 0.750. The Kier molecular flexibility index (Phi) is 6.08. The highest BCUT2D eigenvalue weighted by molar-refractivity contribution is 5.04. The van der Waals surface area contributed by atoms with Crippen LogP contribution in [0.5, 0.6) is 0 Å². The molecule has 0 radical (unpaired) electrons. The van der Waals surface area contributed by atoms with Crippen LogP contribution in [0.1, 0.15) is 24.2 Å².